The van der Waals surface area contributed by atoms with Crippen molar-refractivity contribution in [3.63, 3.8) is 0 Å². The zero-order valence-electron chi connectivity index (χ0n) is 7.83. The highest BCUT2D eigenvalue weighted by atomic mass is 32.2. The Morgan fingerprint density at radius 1 is 1.46 bits per heavy atom. The van der Waals surface area contributed by atoms with E-state index in [1.54, 1.807) is 11.8 Å². The zero-order valence-corrected chi connectivity index (χ0v) is 8.65. The van der Waals surface area contributed by atoms with Crippen molar-refractivity contribution in [1.82, 2.24) is 0 Å². The maximum Gasteiger partial charge on any atom is 0.177 e. The first-order valence-corrected chi connectivity index (χ1v) is 5.42. The zero-order chi connectivity index (χ0) is 9.42. The quantitative estimate of drug-likeness (QED) is 0.680. The molecule has 1 aromatic rings. The van der Waals surface area contributed by atoms with Crippen LogP contribution in [0.25, 0.3) is 0 Å². The van der Waals surface area contributed by atoms with E-state index in [1.807, 2.05) is 12.1 Å². The van der Waals surface area contributed by atoms with Crippen molar-refractivity contribution in [3.05, 3.63) is 29.3 Å². The summed E-state index contributed by atoms with van der Waals surface area (Å²) < 4.78 is 0. The van der Waals surface area contributed by atoms with Crippen molar-refractivity contribution in [2.45, 2.75) is 30.4 Å². The summed E-state index contributed by atoms with van der Waals surface area (Å²) in [6.07, 6.45) is 0.928. The molecule has 13 heavy (non-hydrogen) atoms. The summed E-state index contributed by atoms with van der Waals surface area (Å²) in [4.78, 5) is 12.9. The Kier molecular flexibility index (Phi) is 2.16. The number of aryl methyl sites for hydroxylation is 1. The fourth-order valence-electron chi connectivity index (χ4n) is 1.58. The molecular formula is C11H12OS. The Labute approximate surface area is 82.5 Å². The fourth-order valence-corrected chi connectivity index (χ4v) is 2.84. The highest BCUT2D eigenvalue weighted by Crippen LogP contribution is 2.38. The van der Waals surface area contributed by atoms with Crippen LogP contribution in [0.5, 0.6) is 0 Å². The van der Waals surface area contributed by atoms with Crippen LogP contribution in [0.1, 0.15) is 29.3 Å². The molecule has 0 amide bonds. The van der Waals surface area contributed by atoms with E-state index >= 15 is 0 Å². The molecule has 0 N–H and O–H groups in total. The summed E-state index contributed by atoms with van der Waals surface area (Å²) in [7, 11) is 0. The number of benzene rings is 1. The third kappa shape index (κ3) is 1.39. The van der Waals surface area contributed by atoms with Gasteiger partial charge in [0.15, 0.2) is 5.78 Å². The predicted molar refractivity (Wildman–Crippen MR) is 55.4 cm³/mol. The van der Waals surface area contributed by atoms with Gasteiger partial charge in [-0.1, -0.05) is 13.0 Å². The lowest BCUT2D eigenvalue weighted by Crippen LogP contribution is -2.09. The molecule has 0 radical (unpaired) electrons. The molecular weight excluding hydrogens is 180 g/mol. The highest BCUT2D eigenvalue weighted by Gasteiger charge is 2.29. The predicted octanol–water partition coefficient (Wildman–Crippen LogP) is 3.06. The van der Waals surface area contributed by atoms with Gasteiger partial charge in [0.1, 0.15) is 0 Å². The van der Waals surface area contributed by atoms with E-state index in [4.69, 9.17) is 0 Å². The topological polar surface area (TPSA) is 17.1 Å². The van der Waals surface area contributed by atoms with Gasteiger partial charge in [-0.05, 0) is 31.0 Å². The summed E-state index contributed by atoms with van der Waals surface area (Å²) in [5, 5.41) is 0.164. The summed E-state index contributed by atoms with van der Waals surface area (Å²) in [5.41, 5.74) is 2.15. The van der Waals surface area contributed by atoms with Gasteiger partial charge >= 0.3 is 0 Å². The number of hydrogen-bond donors (Lipinski definition) is 0. The van der Waals surface area contributed by atoms with Gasteiger partial charge in [-0.2, -0.15) is 0 Å². The molecule has 1 nitrogen and oxygen atoms in total. The molecule has 2 heteroatoms. The molecule has 0 bridgehead atoms. The number of rotatable bonds is 1. The number of carbonyl (C=O) groups excluding carboxylic acids is 1. The largest absolute Gasteiger partial charge is 0.293 e. The van der Waals surface area contributed by atoms with Gasteiger partial charge in [0, 0.05) is 10.5 Å². The van der Waals surface area contributed by atoms with E-state index in [1.165, 1.54) is 5.56 Å². The van der Waals surface area contributed by atoms with Crippen LogP contribution in [0.15, 0.2) is 23.1 Å². The molecule has 0 saturated heterocycles. The lowest BCUT2D eigenvalue weighted by Gasteiger charge is -1.99. The minimum Gasteiger partial charge on any atom is -0.293 e. The number of Topliss-reactive ketones (excluding diaryl/α,β-unsaturated/α-hetero) is 1. The van der Waals surface area contributed by atoms with Crippen molar-refractivity contribution in [3.8, 4) is 0 Å². The van der Waals surface area contributed by atoms with Crippen LogP contribution in [0, 0.1) is 6.92 Å². The van der Waals surface area contributed by atoms with E-state index < -0.39 is 0 Å². The molecule has 1 aliphatic rings. The fraction of sp³-hybridized carbons (Fsp3) is 0.364. The molecule has 1 heterocycles. The van der Waals surface area contributed by atoms with Gasteiger partial charge in [-0.25, -0.2) is 0 Å². The minimum absolute atomic E-state index is 0.164. The van der Waals surface area contributed by atoms with E-state index in [2.05, 4.69) is 19.9 Å². The Morgan fingerprint density at radius 2 is 2.23 bits per heavy atom. The number of ketones is 1. The van der Waals surface area contributed by atoms with Crippen LogP contribution in [-0.2, 0) is 0 Å². The molecule has 0 saturated carbocycles. The van der Waals surface area contributed by atoms with Crippen molar-refractivity contribution >= 4 is 17.5 Å². The first-order valence-electron chi connectivity index (χ1n) is 4.54. The summed E-state index contributed by atoms with van der Waals surface area (Å²) >= 11 is 1.71. The van der Waals surface area contributed by atoms with E-state index in [9.17, 15) is 4.79 Å². The average Bonchev–Trinajstić information content (AvgIpc) is 2.42. The second-order valence-electron chi connectivity index (χ2n) is 3.38. The molecule has 1 aromatic carbocycles. The van der Waals surface area contributed by atoms with Crippen LogP contribution in [0.2, 0.25) is 0 Å². The van der Waals surface area contributed by atoms with E-state index in [-0.39, 0.29) is 5.25 Å². The second-order valence-corrected chi connectivity index (χ2v) is 4.62. The molecule has 0 aliphatic carbocycles. The minimum atomic E-state index is 0.164. The molecule has 0 spiro atoms. The Morgan fingerprint density at radius 3 is 2.92 bits per heavy atom. The summed E-state index contributed by atoms with van der Waals surface area (Å²) in [6, 6.07) is 6.07. The molecule has 1 unspecified atom stereocenters. The molecule has 2 rings (SSSR count). The smallest absolute Gasteiger partial charge is 0.177 e. The monoisotopic (exact) mass is 192 g/mol. The average molecular weight is 192 g/mol. The standard InChI is InChI=1S/C11H12OS/c1-3-9-11(12)8-5-4-7(2)6-10(8)13-9/h4-6,9H,3H2,1-2H3. The number of carbonyl (C=O) groups is 1. The van der Waals surface area contributed by atoms with Crippen LogP contribution in [0.3, 0.4) is 0 Å². The van der Waals surface area contributed by atoms with E-state index in [0.717, 1.165) is 16.9 Å². The number of fused-ring (bicyclic) bond motifs is 1. The first kappa shape index (κ1) is 8.82. The van der Waals surface area contributed by atoms with Crippen LogP contribution < -0.4 is 0 Å². The van der Waals surface area contributed by atoms with Crippen LogP contribution in [0.4, 0.5) is 0 Å². The summed E-state index contributed by atoms with van der Waals surface area (Å²) in [5.74, 6) is 0.308. The second kappa shape index (κ2) is 3.18. The Bertz CT molecular complexity index is 357. The number of thioether (sulfide) groups is 1. The first-order chi connectivity index (χ1) is 6.22. The lowest BCUT2D eigenvalue weighted by atomic mass is 10.1. The number of hydrogen-bond acceptors (Lipinski definition) is 2. The summed E-state index contributed by atoms with van der Waals surface area (Å²) in [6.45, 7) is 4.12. The normalized spacial score (nSPS) is 20.5. The molecule has 0 aromatic heterocycles. The Balaban J connectivity index is 2.44. The van der Waals surface area contributed by atoms with Gasteiger partial charge < -0.3 is 0 Å². The highest BCUT2D eigenvalue weighted by molar-refractivity contribution is 8.01. The van der Waals surface area contributed by atoms with Gasteiger partial charge in [0.2, 0.25) is 0 Å². The van der Waals surface area contributed by atoms with Crippen LogP contribution >= 0.6 is 11.8 Å². The van der Waals surface area contributed by atoms with Gasteiger partial charge in [0.25, 0.3) is 0 Å². The third-order valence-corrected chi connectivity index (χ3v) is 3.76. The molecule has 0 fully saturated rings. The molecule has 1 atom stereocenters. The van der Waals surface area contributed by atoms with Crippen molar-refractivity contribution in [2.75, 3.05) is 0 Å². The van der Waals surface area contributed by atoms with E-state index in [0.29, 0.717) is 5.78 Å². The van der Waals surface area contributed by atoms with Gasteiger partial charge in [0.05, 0.1) is 5.25 Å². The van der Waals surface area contributed by atoms with Crippen molar-refractivity contribution < 1.29 is 4.79 Å². The molecule has 68 valence electrons. The molecule has 1 aliphatic heterocycles. The SMILES string of the molecule is CCC1Sc2cc(C)ccc2C1=O. The Hall–Kier alpha value is -0.760. The third-order valence-electron chi connectivity index (χ3n) is 2.34. The maximum atomic E-state index is 11.7. The maximum absolute atomic E-state index is 11.7. The van der Waals surface area contributed by atoms with Crippen LogP contribution in [-0.4, -0.2) is 11.0 Å². The van der Waals surface area contributed by atoms with Crippen molar-refractivity contribution in [2.24, 2.45) is 0 Å². The van der Waals surface area contributed by atoms with Gasteiger partial charge in [-0.3, -0.25) is 4.79 Å². The van der Waals surface area contributed by atoms with Gasteiger partial charge in [-0.15, -0.1) is 11.8 Å². The lowest BCUT2D eigenvalue weighted by molar-refractivity contribution is 0.0990. The van der Waals surface area contributed by atoms with Crippen molar-refractivity contribution in [1.29, 1.82) is 0 Å².